The molecule has 2 N–H and O–H groups in total. The average molecular weight is 416 g/mol. The second-order valence-corrected chi connectivity index (χ2v) is 7.94. The second kappa shape index (κ2) is 9.60. The highest BCUT2D eigenvalue weighted by Crippen LogP contribution is 2.26. The van der Waals surface area contributed by atoms with E-state index < -0.39 is 11.8 Å². The van der Waals surface area contributed by atoms with Gasteiger partial charge in [0.1, 0.15) is 11.6 Å². The Morgan fingerprint density at radius 2 is 1.76 bits per heavy atom. The van der Waals surface area contributed by atoms with Gasteiger partial charge in [-0.3, -0.25) is 5.32 Å². The molecule has 0 aliphatic carbocycles. The molecule has 7 heteroatoms. The Morgan fingerprint density at radius 3 is 2.45 bits per heavy atom. The molecule has 1 aromatic heterocycles. The first-order valence-corrected chi connectivity index (χ1v) is 10.4. The summed E-state index contributed by atoms with van der Waals surface area (Å²) in [6.07, 6.45) is 6.09. The van der Waals surface area contributed by atoms with Crippen molar-refractivity contribution in [1.29, 1.82) is 0 Å². The lowest BCUT2D eigenvalue weighted by Crippen LogP contribution is -2.19. The number of thiazole rings is 1. The van der Waals surface area contributed by atoms with Gasteiger partial charge in [-0.25, -0.2) is 18.6 Å². The SMILES string of the molecule is CCCCCc1cnc(NC(=O)Nc2ccc(-c3ccc(C)c(F)c3)cc2F)s1. The number of carbonyl (C=O) groups excluding carboxylic acids is 1. The third-order valence-electron chi connectivity index (χ3n) is 4.52. The smallest absolute Gasteiger partial charge is 0.305 e. The fourth-order valence-electron chi connectivity index (χ4n) is 2.85. The van der Waals surface area contributed by atoms with E-state index in [1.807, 2.05) is 0 Å². The van der Waals surface area contributed by atoms with Crippen LogP contribution in [0.3, 0.4) is 0 Å². The van der Waals surface area contributed by atoms with E-state index in [4.69, 9.17) is 0 Å². The number of carbonyl (C=O) groups is 1. The molecule has 29 heavy (non-hydrogen) atoms. The highest BCUT2D eigenvalue weighted by molar-refractivity contribution is 7.15. The maximum absolute atomic E-state index is 14.4. The van der Waals surface area contributed by atoms with Crippen molar-refractivity contribution in [2.45, 2.75) is 39.5 Å². The van der Waals surface area contributed by atoms with E-state index in [1.54, 1.807) is 31.3 Å². The van der Waals surface area contributed by atoms with Crippen LogP contribution in [0.25, 0.3) is 11.1 Å². The molecule has 0 bridgehead atoms. The molecule has 4 nitrogen and oxygen atoms in total. The van der Waals surface area contributed by atoms with E-state index in [-0.39, 0.29) is 11.5 Å². The summed E-state index contributed by atoms with van der Waals surface area (Å²) in [7, 11) is 0. The Bertz CT molecular complexity index is 1000. The number of amides is 2. The number of hydrogen-bond donors (Lipinski definition) is 2. The first-order valence-electron chi connectivity index (χ1n) is 9.55. The van der Waals surface area contributed by atoms with Crippen molar-refractivity contribution in [1.82, 2.24) is 4.98 Å². The molecule has 0 aliphatic rings. The number of benzene rings is 2. The summed E-state index contributed by atoms with van der Waals surface area (Å²) < 4.78 is 28.2. The third kappa shape index (κ3) is 5.60. The molecule has 3 rings (SSSR count). The molecule has 2 aromatic carbocycles. The van der Waals surface area contributed by atoms with Gasteiger partial charge in [-0.2, -0.15) is 0 Å². The van der Waals surface area contributed by atoms with Crippen molar-refractivity contribution in [3.8, 4) is 11.1 Å². The van der Waals surface area contributed by atoms with Crippen LogP contribution in [0.5, 0.6) is 0 Å². The number of aromatic nitrogens is 1. The van der Waals surface area contributed by atoms with Crippen molar-refractivity contribution < 1.29 is 13.6 Å². The van der Waals surface area contributed by atoms with Crippen molar-refractivity contribution in [2.24, 2.45) is 0 Å². The van der Waals surface area contributed by atoms with Gasteiger partial charge in [0.2, 0.25) is 0 Å². The van der Waals surface area contributed by atoms with Crippen LogP contribution in [0.2, 0.25) is 0 Å². The Morgan fingerprint density at radius 1 is 1.03 bits per heavy atom. The molecule has 0 unspecified atom stereocenters. The number of nitrogens with one attached hydrogen (secondary N) is 2. The minimum Gasteiger partial charge on any atom is -0.305 e. The zero-order chi connectivity index (χ0) is 20.8. The number of anilines is 2. The number of hydrogen-bond acceptors (Lipinski definition) is 3. The second-order valence-electron chi connectivity index (χ2n) is 6.83. The fraction of sp³-hybridized carbons (Fsp3) is 0.273. The molecular weight excluding hydrogens is 392 g/mol. The topological polar surface area (TPSA) is 54.0 Å². The largest absolute Gasteiger partial charge is 0.325 e. The van der Waals surface area contributed by atoms with E-state index in [1.165, 1.54) is 29.5 Å². The lowest BCUT2D eigenvalue weighted by Gasteiger charge is -2.09. The molecule has 0 fully saturated rings. The van der Waals surface area contributed by atoms with Crippen LogP contribution in [0.4, 0.5) is 24.4 Å². The van der Waals surface area contributed by atoms with Gasteiger partial charge < -0.3 is 5.32 Å². The van der Waals surface area contributed by atoms with Crippen LogP contribution in [-0.2, 0) is 6.42 Å². The Kier molecular flexibility index (Phi) is 6.93. The van der Waals surface area contributed by atoms with Crippen molar-refractivity contribution in [3.05, 3.63) is 64.7 Å². The van der Waals surface area contributed by atoms with Gasteiger partial charge in [0, 0.05) is 11.1 Å². The minimum absolute atomic E-state index is 0.0403. The van der Waals surface area contributed by atoms with Gasteiger partial charge in [0.15, 0.2) is 5.13 Å². The number of rotatable bonds is 7. The van der Waals surface area contributed by atoms with E-state index in [0.29, 0.717) is 21.8 Å². The zero-order valence-electron chi connectivity index (χ0n) is 16.4. The van der Waals surface area contributed by atoms with Crippen molar-refractivity contribution in [3.63, 3.8) is 0 Å². The highest BCUT2D eigenvalue weighted by Gasteiger charge is 2.11. The average Bonchev–Trinajstić information content (AvgIpc) is 3.13. The van der Waals surface area contributed by atoms with Crippen molar-refractivity contribution >= 4 is 28.2 Å². The van der Waals surface area contributed by atoms with E-state index in [0.717, 1.165) is 30.6 Å². The Balaban J connectivity index is 1.62. The Hall–Kier alpha value is -2.80. The molecule has 152 valence electrons. The van der Waals surface area contributed by atoms with Gasteiger partial charge >= 0.3 is 6.03 Å². The van der Waals surface area contributed by atoms with E-state index in [2.05, 4.69) is 22.5 Å². The lowest BCUT2D eigenvalue weighted by molar-refractivity contribution is 0.262. The molecular formula is C22H23F2N3OS. The van der Waals surface area contributed by atoms with E-state index >= 15 is 0 Å². The summed E-state index contributed by atoms with van der Waals surface area (Å²) in [6.45, 7) is 3.82. The van der Waals surface area contributed by atoms with Crippen LogP contribution >= 0.6 is 11.3 Å². The minimum atomic E-state index is -0.599. The third-order valence-corrected chi connectivity index (χ3v) is 5.50. The zero-order valence-corrected chi connectivity index (χ0v) is 17.2. The number of urea groups is 1. The monoisotopic (exact) mass is 415 g/mol. The predicted octanol–water partition coefficient (Wildman–Crippen LogP) is 6.77. The van der Waals surface area contributed by atoms with Crippen LogP contribution in [0.15, 0.2) is 42.6 Å². The molecule has 0 saturated carbocycles. The van der Waals surface area contributed by atoms with Crippen LogP contribution < -0.4 is 10.6 Å². The van der Waals surface area contributed by atoms with Gasteiger partial charge in [-0.15, -0.1) is 11.3 Å². The summed E-state index contributed by atoms with van der Waals surface area (Å²) in [5.74, 6) is -0.944. The predicted molar refractivity (Wildman–Crippen MR) is 115 cm³/mol. The summed E-state index contributed by atoms with van der Waals surface area (Å²) in [5, 5.41) is 5.59. The molecule has 3 aromatic rings. The number of halogens is 2. The molecule has 1 heterocycles. The van der Waals surface area contributed by atoms with Crippen LogP contribution in [0, 0.1) is 18.6 Å². The van der Waals surface area contributed by atoms with Gasteiger partial charge in [-0.05, 0) is 54.7 Å². The first-order chi connectivity index (χ1) is 14.0. The van der Waals surface area contributed by atoms with Gasteiger partial charge in [0.05, 0.1) is 5.69 Å². The molecule has 2 amide bonds. The van der Waals surface area contributed by atoms with E-state index in [9.17, 15) is 13.6 Å². The summed E-state index contributed by atoms with van der Waals surface area (Å²) >= 11 is 1.42. The molecule has 0 aliphatic heterocycles. The van der Waals surface area contributed by atoms with Crippen molar-refractivity contribution in [2.75, 3.05) is 10.6 Å². The Labute approximate surface area is 173 Å². The maximum atomic E-state index is 14.4. The summed E-state index contributed by atoms with van der Waals surface area (Å²) in [6, 6.07) is 8.55. The quantitative estimate of drug-likeness (QED) is 0.418. The molecule has 0 atom stereocenters. The first kappa shape index (κ1) is 20.9. The van der Waals surface area contributed by atoms with Gasteiger partial charge in [-0.1, -0.05) is 38.0 Å². The molecule has 0 spiro atoms. The van der Waals surface area contributed by atoms with Crippen LogP contribution in [0.1, 0.15) is 36.6 Å². The number of unbranched alkanes of at least 4 members (excludes halogenated alkanes) is 2. The van der Waals surface area contributed by atoms with Gasteiger partial charge in [0.25, 0.3) is 0 Å². The number of aryl methyl sites for hydroxylation is 2. The molecule has 0 radical (unpaired) electrons. The lowest BCUT2D eigenvalue weighted by atomic mass is 10.0. The number of nitrogens with zero attached hydrogens (tertiary/aromatic N) is 1. The highest BCUT2D eigenvalue weighted by atomic mass is 32.1. The molecule has 0 saturated heterocycles. The normalized spacial score (nSPS) is 10.8. The van der Waals surface area contributed by atoms with Crippen LogP contribution in [-0.4, -0.2) is 11.0 Å². The standard InChI is InChI=1S/C22H23F2N3OS/c1-3-4-5-6-17-13-25-22(29-17)27-21(28)26-20-10-9-16(12-19(20)24)15-8-7-14(2)18(23)11-15/h7-13H,3-6H2,1-2H3,(H2,25,26,27,28). The summed E-state index contributed by atoms with van der Waals surface area (Å²) in [5.41, 5.74) is 1.67. The summed E-state index contributed by atoms with van der Waals surface area (Å²) in [4.78, 5) is 17.5. The maximum Gasteiger partial charge on any atom is 0.325 e. The fourth-order valence-corrected chi connectivity index (χ4v) is 3.70.